The van der Waals surface area contributed by atoms with Crippen molar-refractivity contribution < 1.29 is 28.2 Å². The standard InChI is InChI=1S/C30H31F2N7O4S/c1-13(2)36-19-9-39(10-20(19)40)28-35-7-15-16-11-42-12-17(16)21(23(32)24(15)37-28)25-22-14(6-33)27(38-29(41)43-30(3,4)5)44-26(22)18(31)8-34-25/h7-8,13,19-20,36,40H,9-12H2,1-5H3,(H,38,41)/t19-,20+/m1/s1. The van der Waals surface area contributed by atoms with E-state index in [0.29, 0.717) is 23.1 Å². The number of amides is 1. The first kappa shape index (κ1) is 30.0. The van der Waals surface area contributed by atoms with E-state index in [-0.39, 0.29) is 75.2 Å². The van der Waals surface area contributed by atoms with Gasteiger partial charge in [0, 0.05) is 41.7 Å². The molecule has 4 aromatic rings. The van der Waals surface area contributed by atoms with Crippen molar-refractivity contribution in [2.24, 2.45) is 0 Å². The number of halogens is 2. The van der Waals surface area contributed by atoms with Crippen LogP contribution in [0.15, 0.2) is 12.4 Å². The van der Waals surface area contributed by atoms with Crippen LogP contribution >= 0.6 is 11.3 Å². The maximum Gasteiger partial charge on any atom is 0.412 e. The summed E-state index contributed by atoms with van der Waals surface area (Å²) >= 11 is 0.840. The number of fused-ring (bicyclic) bond motifs is 4. The second kappa shape index (κ2) is 11.2. The van der Waals surface area contributed by atoms with E-state index in [1.807, 2.05) is 19.9 Å². The van der Waals surface area contributed by atoms with E-state index >= 15 is 8.78 Å². The molecule has 0 aliphatic carbocycles. The Hall–Kier alpha value is -4.03. The van der Waals surface area contributed by atoms with Crippen molar-refractivity contribution in [3.8, 4) is 17.3 Å². The van der Waals surface area contributed by atoms with E-state index < -0.39 is 29.4 Å². The van der Waals surface area contributed by atoms with E-state index in [0.717, 1.165) is 17.5 Å². The average Bonchev–Trinajstić information content (AvgIpc) is 3.66. The molecule has 44 heavy (non-hydrogen) atoms. The molecular formula is C30H31F2N7O4S. The number of hydrogen-bond acceptors (Lipinski definition) is 11. The monoisotopic (exact) mass is 623 g/mol. The minimum absolute atomic E-state index is 0.0177. The van der Waals surface area contributed by atoms with Gasteiger partial charge in [0.2, 0.25) is 5.95 Å². The first-order valence-electron chi connectivity index (χ1n) is 14.1. The smallest absolute Gasteiger partial charge is 0.412 e. The number of nitrogens with one attached hydrogen (secondary N) is 2. The third-order valence-electron chi connectivity index (χ3n) is 7.44. The Bertz CT molecular complexity index is 1850. The van der Waals surface area contributed by atoms with E-state index in [1.54, 1.807) is 31.9 Å². The quantitative estimate of drug-likeness (QED) is 0.278. The van der Waals surface area contributed by atoms with Crippen LogP contribution in [0.3, 0.4) is 0 Å². The lowest BCUT2D eigenvalue weighted by Gasteiger charge is -2.19. The molecule has 3 aromatic heterocycles. The number of pyridine rings is 1. The summed E-state index contributed by atoms with van der Waals surface area (Å²) in [6.45, 7) is 10.00. The van der Waals surface area contributed by atoms with Crippen LogP contribution in [-0.2, 0) is 22.7 Å². The maximum atomic E-state index is 16.7. The third kappa shape index (κ3) is 5.30. The van der Waals surface area contributed by atoms with Gasteiger partial charge in [0.25, 0.3) is 0 Å². The summed E-state index contributed by atoms with van der Waals surface area (Å²) in [6.07, 6.45) is 1.05. The lowest BCUT2D eigenvalue weighted by molar-refractivity contribution is 0.0636. The van der Waals surface area contributed by atoms with Crippen molar-refractivity contribution in [2.75, 3.05) is 23.3 Å². The van der Waals surface area contributed by atoms with Crippen molar-refractivity contribution in [3.05, 3.63) is 40.7 Å². The lowest BCUT2D eigenvalue weighted by Crippen LogP contribution is -2.42. The SMILES string of the molecule is CC(C)N[C@@H]1CN(c2ncc3c4c(c(-c5ncc(F)c6sc(NC(=O)OC(C)(C)C)c(C#N)c56)c(F)c3n2)COC4)C[C@@H]1O. The van der Waals surface area contributed by atoms with E-state index in [2.05, 4.69) is 25.6 Å². The Balaban J connectivity index is 1.50. The van der Waals surface area contributed by atoms with Crippen LogP contribution < -0.4 is 15.5 Å². The molecule has 0 bridgehead atoms. The molecule has 0 radical (unpaired) electrons. The summed E-state index contributed by atoms with van der Waals surface area (Å²) in [5.74, 6) is -1.19. The van der Waals surface area contributed by atoms with Crippen LogP contribution in [0.1, 0.15) is 51.3 Å². The van der Waals surface area contributed by atoms with Crippen LogP contribution in [0.5, 0.6) is 0 Å². The molecule has 2 aliphatic heterocycles. The van der Waals surface area contributed by atoms with Crippen molar-refractivity contribution in [3.63, 3.8) is 0 Å². The minimum Gasteiger partial charge on any atom is -0.444 e. The van der Waals surface area contributed by atoms with E-state index in [4.69, 9.17) is 9.47 Å². The molecule has 14 heteroatoms. The molecule has 0 spiro atoms. The van der Waals surface area contributed by atoms with Gasteiger partial charge in [0.15, 0.2) is 11.6 Å². The number of rotatable bonds is 5. The predicted octanol–water partition coefficient (Wildman–Crippen LogP) is 4.98. The highest BCUT2D eigenvalue weighted by atomic mass is 32.1. The Morgan fingerprint density at radius 2 is 1.98 bits per heavy atom. The van der Waals surface area contributed by atoms with Crippen LogP contribution in [0, 0.1) is 23.0 Å². The number of nitriles is 1. The Morgan fingerprint density at radius 3 is 2.68 bits per heavy atom. The molecule has 1 saturated heterocycles. The molecule has 2 atom stereocenters. The normalized spacial score (nSPS) is 18.3. The average molecular weight is 624 g/mol. The van der Waals surface area contributed by atoms with E-state index in [9.17, 15) is 15.2 Å². The molecule has 1 fully saturated rings. The number of benzene rings is 1. The number of anilines is 2. The number of aliphatic hydroxyl groups is 1. The maximum absolute atomic E-state index is 16.7. The summed E-state index contributed by atoms with van der Waals surface area (Å²) in [5, 5.41) is 27.2. The van der Waals surface area contributed by atoms with E-state index in [1.165, 1.54) is 0 Å². The molecule has 0 unspecified atom stereocenters. The zero-order chi connectivity index (χ0) is 31.5. The fraction of sp³-hybridized carbons (Fsp3) is 0.433. The van der Waals surface area contributed by atoms with Crippen LogP contribution in [0.25, 0.3) is 32.2 Å². The molecule has 5 heterocycles. The molecular weight excluding hydrogens is 592 g/mol. The molecule has 3 N–H and O–H groups in total. The summed E-state index contributed by atoms with van der Waals surface area (Å²) in [5.41, 5.74) is 0.390. The Kier molecular flexibility index (Phi) is 7.61. The molecule has 0 saturated carbocycles. The van der Waals surface area contributed by atoms with Gasteiger partial charge in [-0.2, -0.15) is 5.26 Å². The molecule has 1 amide bonds. The van der Waals surface area contributed by atoms with Gasteiger partial charge in [-0.25, -0.2) is 23.5 Å². The number of nitrogens with zero attached hydrogens (tertiary/aromatic N) is 5. The zero-order valence-corrected chi connectivity index (χ0v) is 25.6. The highest BCUT2D eigenvalue weighted by molar-refractivity contribution is 7.23. The summed E-state index contributed by atoms with van der Waals surface area (Å²) < 4.78 is 42.9. The number of aromatic nitrogens is 3. The molecule has 11 nitrogen and oxygen atoms in total. The number of thiophene rings is 1. The number of carbonyl (C=O) groups excluding carboxylic acids is 1. The van der Waals surface area contributed by atoms with Crippen LogP contribution in [0.4, 0.5) is 24.5 Å². The predicted molar refractivity (Wildman–Crippen MR) is 161 cm³/mol. The fourth-order valence-electron chi connectivity index (χ4n) is 5.70. The van der Waals surface area contributed by atoms with Crippen LogP contribution in [0.2, 0.25) is 0 Å². The molecule has 1 aromatic carbocycles. The van der Waals surface area contributed by atoms with Crippen molar-refractivity contribution in [2.45, 2.75) is 71.6 Å². The molecule has 2 aliphatic rings. The summed E-state index contributed by atoms with van der Waals surface area (Å²) in [4.78, 5) is 27.7. The van der Waals surface area contributed by atoms with Gasteiger partial charge in [-0.15, -0.1) is 11.3 Å². The molecule has 6 rings (SSSR count). The number of β-amino-alcohol motifs (C(OH)–C–C–N with tert-alkyl or cyclic N) is 1. The fourth-order valence-corrected chi connectivity index (χ4v) is 6.73. The Morgan fingerprint density at radius 1 is 1.23 bits per heavy atom. The van der Waals surface area contributed by atoms with Gasteiger partial charge < -0.3 is 24.8 Å². The second-order valence-electron chi connectivity index (χ2n) is 12.2. The Labute approximate surface area is 255 Å². The van der Waals surface area contributed by atoms with Gasteiger partial charge >= 0.3 is 6.09 Å². The number of hydrogen-bond donors (Lipinski definition) is 3. The van der Waals surface area contributed by atoms with Crippen molar-refractivity contribution >= 4 is 49.4 Å². The van der Waals surface area contributed by atoms with Gasteiger partial charge in [-0.3, -0.25) is 10.3 Å². The topological polar surface area (TPSA) is 146 Å². The third-order valence-corrected chi connectivity index (χ3v) is 8.55. The summed E-state index contributed by atoms with van der Waals surface area (Å²) in [7, 11) is 0. The lowest BCUT2D eigenvalue weighted by atomic mass is 9.94. The number of carbonyl (C=O) groups is 1. The largest absolute Gasteiger partial charge is 0.444 e. The van der Waals surface area contributed by atoms with Gasteiger partial charge in [-0.05, 0) is 31.9 Å². The highest BCUT2D eigenvalue weighted by Gasteiger charge is 2.35. The highest BCUT2D eigenvalue weighted by Crippen LogP contribution is 2.46. The molecule has 230 valence electrons. The van der Waals surface area contributed by atoms with Gasteiger partial charge in [-0.1, -0.05) is 13.8 Å². The number of ether oxygens (including phenoxy) is 2. The minimum atomic E-state index is -0.816. The van der Waals surface area contributed by atoms with Crippen LogP contribution in [-0.4, -0.2) is 63.0 Å². The first-order chi connectivity index (χ1) is 20.9. The van der Waals surface area contributed by atoms with Crippen molar-refractivity contribution in [1.29, 1.82) is 5.26 Å². The second-order valence-corrected chi connectivity index (χ2v) is 13.2. The van der Waals surface area contributed by atoms with Crippen molar-refractivity contribution in [1.82, 2.24) is 20.3 Å². The van der Waals surface area contributed by atoms with Gasteiger partial charge in [0.05, 0.1) is 47.5 Å². The van der Waals surface area contributed by atoms with Gasteiger partial charge in [0.1, 0.15) is 22.2 Å². The first-order valence-corrected chi connectivity index (χ1v) is 15.0. The summed E-state index contributed by atoms with van der Waals surface area (Å²) in [6, 6.07) is 1.99. The zero-order valence-electron chi connectivity index (χ0n) is 24.8. The number of aliphatic hydroxyl groups excluding tert-OH is 1.